The molecule has 0 bridgehead atoms. The highest BCUT2D eigenvalue weighted by molar-refractivity contribution is 7.07. The zero-order valence-corrected chi connectivity index (χ0v) is 10.5. The summed E-state index contributed by atoms with van der Waals surface area (Å²) < 4.78 is 38.3. The van der Waals surface area contributed by atoms with Crippen molar-refractivity contribution < 1.29 is 13.2 Å². The monoisotopic (exact) mass is 292 g/mol. The largest absolute Gasteiger partial charge is 0.418 e. The van der Waals surface area contributed by atoms with Crippen molar-refractivity contribution in [3.05, 3.63) is 45.4 Å². The van der Waals surface area contributed by atoms with E-state index in [4.69, 9.17) is 11.6 Å². The molecule has 0 amide bonds. The Morgan fingerprint density at radius 1 is 1.33 bits per heavy atom. The number of halogens is 4. The van der Waals surface area contributed by atoms with Gasteiger partial charge < -0.3 is 5.32 Å². The molecule has 0 saturated carbocycles. The van der Waals surface area contributed by atoms with E-state index < -0.39 is 11.7 Å². The van der Waals surface area contributed by atoms with Gasteiger partial charge in [-0.3, -0.25) is 0 Å². The quantitative estimate of drug-likeness (QED) is 0.905. The number of rotatable bonds is 3. The molecular formula is C11H8ClF3N2S. The lowest BCUT2D eigenvalue weighted by Gasteiger charge is -2.15. The summed E-state index contributed by atoms with van der Waals surface area (Å²) in [6.45, 7) is 0.205. The lowest BCUT2D eigenvalue weighted by atomic mass is 10.1. The zero-order valence-electron chi connectivity index (χ0n) is 8.96. The molecule has 0 unspecified atom stereocenters. The van der Waals surface area contributed by atoms with Gasteiger partial charge in [-0.25, -0.2) is 4.98 Å². The maximum Gasteiger partial charge on any atom is 0.418 e. The molecule has 0 radical (unpaired) electrons. The highest BCUT2D eigenvalue weighted by atomic mass is 35.5. The Labute approximate surface area is 110 Å². The fourth-order valence-electron chi connectivity index (χ4n) is 1.44. The fourth-order valence-corrected chi connectivity index (χ4v) is 2.24. The number of alkyl halides is 3. The molecule has 0 spiro atoms. The van der Waals surface area contributed by atoms with E-state index in [0.29, 0.717) is 5.69 Å². The first kappa shape index (κ1) is 13.2. The van der Waals surface area contributed by atoms with E-state index in [0.717, 1.165) is 6.07 Å². The van der Waals surface area contributed by atoms with Gasteiger partial charge in [0.2, 0.25) is 0 Å². The molecule has 0 aliphatic rings. The van der Waals surface area contributed by atoms with Crippen LogP contribution < -0.4 is 5.32 Å². The van der Waals surface area contributed by atoms with E-state index in [9.17, 15) is 13.2 Å². The van der Waals surface area contributed by atoms with Gasteiger partial charge in [0.05, 0.1) is 34.0 Å². The average Bonchev–Trinajstić information content (AvgIpc) is 2.78. The van der Waals surface area contributed by atoms with E-state index in [-0.39, 0.29) is 17.3 Å². The Kier molecular flexibility index (Phi) is 3.77. The molecule has 0 aliphatic heterocycles. The van der Waals surface area contributed by atoms with E-state index in [1.807, 2.05) is 0 Å². The second kappa shape index (κ2) is 5.16. The zero-order chi connectivity index (χ0) is 13.2. The summed E-state index contributed by atoms with van der Waals surface area (Å²) >= 11 is 7.18. The summed E-state index contributed by atoms with van der Waals surface area (Å²) in [5, 5.41) is 4.49. The predicted molar refractivity (Wildman–Crippen MR) is 65.9 cm³/mol. The molecule has 0 fully saturated rings. The number of aromatic nitrogens is 1. The number of hydrogen-bond donors (Lipinski definition) is 1. The molecule has 0 saturated heterocycles. The summed E-state index contributed by atoms with van der Waals surface area (Å²) in [6.07, 6.45) is -4.44. The molecule has 7 heteroatoms. The number of thiazole rings is 1. The first-order valence-corrected chi connectivity index (χ1v) is 6.27. The van der Waals surface area contributed by atoms with Crippen LogP contribution in [0.4, 0.5) is 18.9 Å². The molecule has 1 aromatic heterocycles. The van der Waals surface area contributed by atoms with Gasteiger partial charge in [0, 0.05) is 5.38 Å². The van der Waals surface area contributed by atoms with Crippen LogP contribution in [0.15, 0.2) is 29.1 Å². The third-order valence-corrected chi connectivity index (χ3v) is 3.20. The Balaban J connectivity index is 2.26. The van der Waals surface area contributed by atoms with Crippen molar-refractivity contribution in [1.82, 2.24) is 4.98 Å². The number of anilines is 1. The summed E-state index contributed by atoms with van der Waals surface area (Å²) in [5.41, 5.74) is 1.41. The van der Waals surface area contributed by atoms with Crippen LogP contribution >= 0.6 is 22.9 Å². The van der Waals surface area contributed by atoms with Crippen molar-refractivity contribution in [2.75, 3.05) is 5.32 Å². The molecule has 1 aromatic carbocycles. The van der Waals surface area contributed by atoms with E-state index in [2.05, 4.69) is 10.3 Å². The molecule has 1 N–H and O–H groups in total. The molecule has 2 nitrogen and oxygen atoms in total. The average molecular weight is 293 g/mol. The Bertz CT molecular complexity index is 526. The van der Waals surface area contributed by atoms with Crippen molar-refractivity contribution in [2.24, 2.45) is 0 Å². The summed E-state index contributed by atoms with van der Waals surface area (Å²) in [6, 6.07) is 3.69. The van der Waals surface area contributed by atoms with Crippen LogP contribution in [0.1, 0.15) is 11.3 Å². The molecule has 1 heterocycles. The lowest BCUT2D eigenvalue weighted by molar-refractivity contribution is -0.136. The SMILES string of the molecule is FC(F)(F)c1cccc(Cl)c1NCc1cscn1. The number of nitrogens with one attached hydrogen (secondary N) is 1. The van der Waals surface area contributed by atoms with E-state index >= 15 is 0 Å². The minimum absolute atomic E-state index is 0.0417. The van der Waals surface area contributed by atoms with Crippen LogP contribution in [0.25, 0.3) is 0 Å². The van der Waals surface area contributed by atoms with Gasteiger partial charge in [-0.2, -0.15) is 13.2 Å². The molecular weight excluding hydrogens is 285 g/mol. The Morgan fingerprint density at radius 2 is 2.11 bits per heavy atom. The van der Waals surface area contributed by atoms with Crippen molar-refractivity contribution in [3.8, 4) is 0 Å². The Morgan fingerprint density at radius 3 is 2.72 bits per heavy atom. The topological polar surface area (TPSA) is 24.9 Å². The first-order valence-electron chi connectivity index (χ1n) is 4.95. The summed E-state index contributed by atoms with van der Waals surface area (Å²) in [5.74, 6) is 0. The maximum absolute atomic E-state index is 12.8. The van der Waals surface area contributed by atoms with Crippen molar-refractivity contribution in [1.29, 1.82) is 0 Å². The van der Waals surface area contributed by atoms with Gasteiger partial charge in [0.25, 0.3) is 0 Å². The second-order valence-electron chi connectivity index (χ2n) is 3.49. The lowest BCUT2D eigenvalue weighted by Crippen LogP contribution is -2.11. The Hall–Kier alpha value is -1.27. The van der Waals surface area contributed by atoms with Gasteiger partial charge in [-0.15, -0.1) is 11.3 Å². The summed E-state index contributed by atoms with van der Waals surface area (Å²) in [7, 11) is 0. The second-order valence-corrected chi connectivity index (χ2v) is 4.62. The van der Waals surface area contributed by atoms with Crippen molar-refractivity contribution >= 4 is 28.6 Å². The molecule has 2 rings (SSSR count). The maximum atomic E-state index is 12.8. The van der Waals surface area contributed by atoms with Gasteiger partial charge >= 0.3 is 6.18 Å². The standard InChI is InChI=1S/C11H8ClF3N2S/c12-9-3-1-2-8(11(13,14)15)10(9)16-4-7-5-18-6-17-7/h1-3,5-6,16H,4H2. The van der Waals surface area contributed by atoms with Crippen LogP contribution in [0, 0.1) is 0 Å². The van der Waals surface area contributed by atoms with Crippen LogP contribution in [0.2, 0.25) is 5.02 Å². The predicted octanol–water partition coefficient (Wildman–Crippen LogP) is 4.43. The van der Waals surface area contributed by atoms with E-state index in [1.165, 1.54) is 23.5 Å². The van der Waals surface area contributed by atoms with Crippen LogP contribution in [-0.4, -0.2) is 4.98 Å². The molecule has 2 aromatic rings. The highest BCUT2D eigenvalue weighted by Crippen LogP contribution is 2.38. The van der Waals surface area contributed by atoms with Gasteiger partial charge in [0.15, 0.2) is 0 Å². The van der Waals surface area contributed by atoms with Crippen LogP contribution in [-0.2, 0) is 12.7 Å². The molecule has 0 atom stereocenters. The minimum Gasteiger partial charge on any atom is -0.378 e. The van der Waals surface area contributed by atoms with Crippen molar-refractivity contribution in [2.45, 2.75) is 12.7 Å². The van der Waals surface area contributed by atoms with Crippen LogP contribution in [0.3, 0.4) is 0 Å². The van der Waals surface area contributed by atoms with Gasteiger partial charge in [-0.05, 0) is 12.1 Å². The minimum atomic E-state index is -4.44. The highest BCUT2D eigenvalue weighted by Gasteiger charge is 2.34. The van der Waals surface area contributed by atoms with Crippen molar-refractivity contribution in [3.63, 3.8) is 0 Å². The molecule has 0 aliphatic carbocycles. The molecule has 96 valence electrons. The summed E-state index contributed by atoms with van der Waals surface area (Å²) in [4.78, 5) is 3.98. The third-order valence-electron chi connectivity index (χ3n) is 2.25. The van der Waals surface area contributed by atoms with E-state index in [1.54, 1.807) is 10.9 Å². The van der Waals surface area contributed by atoms with Gasteiger partial charge in [-0.1, -0.05) is 17.7 Å². The first-order chi connectivity index (χ1) is 8.48. The number of hydrogen-bond acceptors (Lipinski definition) is 3. The van der Waals surface area contributed by atoms with Gasteiger partial charge in [0.1, 0.15) is 0 Å². The number of para-hydroxylation sites is 1. The number of nitrogens with zero attached hydrogens (tertiary/aromatic N) is 1. The molecule has 18 heavy (non-hydrogen) atoms. The fraction of sp³-hybridized carbons (Fsp3) is 0.182. The number of benzene rings is 1. The smallest absolute Gasteiger partial charge is 0.378 e. The van der Waals surface area contributed by atoms with Crippen LogP contribution in [0.5, 0.6) is 0 Å². The third kappa shape index (κ3) is 2.94. The normalized spacial score (nSPS) is 11.6.